The highest BCUT2D eigenvalue weighted by Gasteiger charge is 2.10. The number of hydrogen-bond acceptors (Lipinski definition) is 3. The number of halogens is 2. The maximum absolute atomic E-state index is 13.2. The van der Waals surface area contributed by atoms with Gasteiger partial charge < -0.3 is 10.1 Å². The van der Waals surface area contributed by atoms with Crippen LogP contribution in [0.2, 0.25) is 0 Å². The molecule has 0 aliphatic rings. The van der Waals surface area contributed by atoms with Crippen LogP contribution in [0.5, 0.6) is 0 Å². The van der Waals surface area contributed by atoms with Gasteiger partial charge in [-0.3, -0.25) is 5.32 Å². The summed E-state index contributed by atoms with van der Waals surface area (Å²) in [5.41, 5.74) is -0.160. The maximum atomic E-state index is 13.2. The second kappa shape index (κ2) is 6.09. The van der Waals surface area contributed by atoms with Crippen molar-refractivity contribution in [1.29, 1.82) is 0 Å². The predicted octanol–water partition coefficient (Wildman–Crippen LogP) is 2.41. The van der Waals surface area contributed by atoms with E-state index in [0.717, 1.165) is 6.07 Å². The molecule has 0 fully saturated rings. The first-order valence-electron chi connectivity index (χ1n) is 4.73. The quantitative estimate of drug-likeness (QED) is 0.802. The van der Waals surface area contributed by atoms with E-state index in [1.165, 1.54) is 12.1 Å². The van der Waals surface area contributed by atoms with E-state index in [4.69, 9.17) is 12.2 Å². The van der Waals surface area contributed by atoms with Crippen molar-refractivity contribution < 1.29 is 18.3 Å². The lowest BCUT2D eigenvalue weighted by Gasteiger charge is -2.10. The largest absolute Gasteiger partial charge is 0.450 e. The number of thiocarbonyl (C=S) groups is 1. The fraction of sp³-hybridized carbons (Fsp3) is 0.200. The Bertz CT molecular complexity index is 440. The topological polar surface area (TPSA) is 50.4 Å². The van der Waals surface area contributed by atoms with Gasteiger partial charge in [-0.25, -0.2) is 13.6 Å². The SMILES string of the molecule is CCOC(=O)NC(=S)Nc1cccc(F)c1F. The van der Waals surface area contributed by atoms with Crippen molar-refractivity contribution in [2.24, 2.45) is 0 Å². The van der Waals surface area contributed by atoms with Crippen LogP contribution >= 0.6 is 12.2 Å². The lowest BCUT2D eigenvalue weighted by Crippen LogP contribution is -2.34. The van der Waals surface area contributed by atoms with Crippen molar-refractivity contribution in [2.45, 2.75) is 6.92 Å². The smallest absolute Gasteiger partial charge is 0.413 e. The van der Waals surface area contributed by atoms with E-state index in [1.54, 1.807) is 6.92 Å². The second-order valence-corrected chi connectivity index (χ2v) is 3.31. The highest BCUT2D eigenvalue weighted by atomic mass is 32.1. The van der Waals surface area contributed by atoms with Gasteiger partial charge in [0, 0.05) is 0 Å². The predicted molar refractivity (Wildman–Crippen MR) is 62.7 cm³/mol. The number of anilines is 1. The lowest BCUT2D eigenvalue weighted by atomic mass is 10.3. The molecule has 0 unspecified atom stereocenters. The molecule has 0 aromatic heterocycles. The summed E-state index contributed by atoms with van der Waals surface area (Å²) in [7, 11) is 0. The third kappa shape index (κ3) is 3.95. The van der Waals surface area contributed by atoms with Crippen molar-refractivity contribution in [3.05, 3.63) is 29.8 Å². The Balaban J connectivity index is 2.62. The van der Waals surface area contributed by atoms with E-state index in [-0.39, 0.29) is 17.4 Å². The number of ether oxygens (including phenoxy) is 1. The second-order valence-electron chi connectivity index (χ2n) is 2.90. The first-order chi connectivity index (χ1) is 8.04. The van der Waals surface area contributed by atoms with Crippen LogP contribution < -0.4 is 10.6 Å². The minimum Gasteiger partial charge on any atom is -0.450 e. The molecular weight excluding hydrogens is 250 g/mol. The maximum Gasteiger partial charge on any atom is 0.413 e. The first kappa shape index (κ1) is 13.3. The number of carbonyl (C=O) groups is 1. The van der Waals surface area contributed by atoms with Gasteiger partial charge >= 0.3 is 6.09 Å². The molecule has 2 N–H and O–H groups in total. The average molecular weight is 260 g/mol. The van der Waals surface area contributed by atoms with Crippen LogP contribution in [0, 0.1) is 11.6 Å². The molecule has 1 rings (SSSR count). The van der Waals surface area contributed by atoms with E-state index in [9.17, 15) is 13.6 Å². The number of amides is 1. The van der Waals surface area contributed by atoms with Gasteiger partial charge in [0.25, 0.3) is 0 Å². The standard InChI is InChI=1S/C10H10F2N2O2S/c1-2-16-10(15)14-9(17)13-7-5-3-4-6(11)8(7)12/h3-5H,2H2,1H3,(H2,13,14,15,17). The van der Waals surface area contributed by atoms with E-state index in [1.807, 2.05) is 0 Å². The molecule has 1 aromatic carbocycles. The molecule has 1 amide bonds. The number of nitrogens with one attached hydrogen (secondary N) is 2. The summed E-state index contributed by atoms with van der Waals surface area (Å²) in [6.07, 6.45) is -0.762. The molecule has 0 radical (unpaired) electrons. The van der Waals surface area contributed by atoms with Crippen LogP contribution in [0.25, 0.3) is 0 Å². The van der Waals surface area contributed by atoms with Gasteiger partial charge in [0.2, 0.25) is 0 Å². The molecule has 0 heterocycles. The summed E-state index contributed by atoms with van der Waals surface area (Å²) in [4.78, 5) is 11.0. The van der Waals surface area contributed by atoms with Crippen LogP contribution in [0.15, 0.2) is 18.2 Å². The Kier molecular flexibility index (Phi) is 4.77. The highest BCUT2D eigenvalue weighted by Crippen LogP contribution is 2.16. The molecular formula is C10H10F2N2O2S. The normalized spacial score (nSPS) is 9.59. The molecule has 4 nitrogen and oxygen atoms in total. The summed E-state index contributed by atoms with van der Waals surface area (Å²) in [6.45, 7) is 1.81. The fourth-order valence-electron chi connectivity index (χ4n) is 1.01. The Morgan fingerprint density at radius 1 is 1.47 bits per heavy atom. The molecule has 0 saturated heterocycles. The number of carbonyl (C=O) groups excluding carboxylic acids is 1. The average Bonchev–Trinajstić information content (AvgIpc) is 2.25. The number of alkyl carbamates (subject to hydrolysis) is 1. The zero-order valence-electron chi connectivity index (χ0n) is 8.92. The fourth-order valence-corrected chi connectivity index (χ4v) is 1.21. The third-order valence-corrected chi connectivity index (χ3v) is 1.89. The molecule has 0 atom stereocenters. The van der Waals surface area contributed by atoms with Crippen LogP contribution in [0.1, 0.15) is 6.92 Å². The zero-order chi connectivity index (χ0) is 12.8. The summed E-state index contributed by atoms with van der Waals surface area (Å²) >= 11 is 4.72. The van der Waals surface area contributed by atoms with E-state index >= 15 is 0 Å². The van der Waals surface area contributed by atoms with Crippen molar-refractivity contribution >= 4 is 29.1 Å². The third-order valence-electron chi connectivity index (χ3n) is 1.69. The molecule has 1 aromatic rings. The van der Waals surface area contributed by atoms with Gasteiger partial charge in [0.1, 0.15) is 0 Å². The van der Waals surface area contributed by atoms with Crippen LogP contribution in [-0.4, -0.2) is 17.8 Å². The van der Waals surface area contributed by atoms with Crippen LogP contribution in [-0.2, 0) is 4.74 Å². The Labute approximate surface area is 102 Å². The summed E-state index contributed by atoms with van der Waals surface area (Å²) in [6, 6.07) is 3.58. The van der Waals surface area contributed by atoms with Crippen LogP contribution in [0.4, 0.5) is 19.3 Å². The molecule has 0 aliphatic carbocycles. The Morgan fingerprint density at radius 3 is 2.82 bits per heavy atom. The minimum atomic E-state index is -1.07. The van der Waals surface area contributed by atoms with Crippen molar-refractivity contribution in [3.8, 4) is 0 Å². The van der Waals surface area contributed by atoms with Crippen molar-refractivity contribution in [3.63, 3.8) is 0 Å². The summed E-state index contributed by atoms with van der Waals surface area (Å²) in [5.74, 6) is -2.07. The lowest BCUT2D eigenvalue weighted by molar-refractivity contribution is 0.158. The van der Waals surface area contributed by atoms with Gasteiger partial charge in [-0.15, -0.1) is 0 Å². The van der Waals surface area contributed by atoms with Gasteiger partial charge in [-0.1, -0.05) is 6.07 Å². The molecule has 17 heavy (non-hydrogen) atoms. The molecule has 0 spiro atoms. The molecule has 0 aliphatic heterocycles. The number of benzene rings is 1. The first-order valence-corrected chi connectivity index (χ1v) is 5.14. The van der Waals surface area contributed by atoms with Gasteiger partial charge in [0.05, 0.1) is 12.3 Å². The molecule has 7 heteroatoms. The highest BCUT2D eigenvalue weighted by molar-refractivity contribution is 7.80. The van der Waals surface area contributed by atoms with Crippen LogP contribution in [0.3, 0.4) is 0 Å². The van der Waals surface area contributed by atoms with Crippen molar-refractivity contribution in [2.75, 3.05) is 11.9 Å². The summed E-state index contributed by atoms with van der Waals surface area (Å²) < 4.78 is 30.6. The number of hydrogen-bond donors (Lipinski definition) is 2. The molecule has 0 saturated carbocycles. The van der Waals surface area contributed by atoms with E-state index in [2.05, 4.69) is 15.4 Å². The Hall–Kier alpha value is -1.76. The zero-order valence-corrected chi connectivity index (χ0v) is 9.74. The minimum absolute atomic E-state index is 0.160. The van der Waals surface area contributed by atoms with Gasteiger partial charge in [0.15, 0.2) is 16.7 Å². The number of rotatable bonds is 2. The van der Waals surface area contributed by atoms with E-state index < -0.39 is 17.7 Å². The molecule has 92 valence electrons. The Morgan fingerprint density at radius 2 is 2.18 bits per heavy atom. The van der Waals surface area contributed by atoms with Gasteiger partial charge in [-0.2, -0.15) is 0 Å². The monoisotopic (exact) mass is 260 g/mol. The molecule has 0 bridgehead atoms. The summed E-state index contributed by atoms with van der Waals surface area (Å²) in [5, 5.41) is 4.32. The van der Waals surface area contributed by atoms with Gasteiger partial charge in [-0.05, 0) is 31.3 Å². The van der Waals surface area contributed by atoms with Crippen molar-refractivity contribution in [1.82, 2.24) is 5.32 Å². The van der Waals surface area contributed by atoms with E-state index in [0.29, 0.717) is 0 Å².